The van der Waals surface area contributed by atoms with E-state index < -0.39 is 0 Å². The fraction of sp³-hybridized carbons (Fsp3) is 0.273. The Labute approximate surface area is 118 Å². The fourth-order valence-corrected chi connectivity index (χ4v) is 2.01. The third-order valence-electron chi connectivity index (χ3n) is 2.30. The van der Waals surface area contributed by atoms with E-state index >= 15 is 0 Å². The van der Waals surface area contributed by atoms with E-state index in [9.17, 15) is 0 Å². The summed E-state index contributed by atoms with van der Waals surface area (Å²) in [5, 5.41) is 20.5. The molecule has 0 aliphatic carbocycles. The maximum atomic E-state index is 8.78. The highest BCUT2D eigenvalue weighted by Crippen LogP contribution is 2.26. The predicted molar refractivity (Wildman–Crippen MR) is 73.6 cm³/mol. The van der Waals surface area contributed by atoms with E-state index in [2.05, 4.69) is 31.6 Å². The minimum Gasteiger partial charge on any atom is -0.394 e. The van der Waals surface area contributed by atoms with E-state index in [-0.39, 0.29) is 6.61 Å². The molecular weight excluding hydrogens is 320 g/mol. The van der Waals surface area contributed by atoms with Crippen molar-refractivity contribution in [3.8, 4) is 0 Å². The van der Waals surface area contributed by atoms with Crippen molar-refractivity contribution in [2.45, 2.75) is 13.1 Å². The van der Waals surface area contributed by atoms with Crippen molar-refractivity contribution in [3.05, 3.63) is 39.6 Å². The number of rotatable bonds is 5. The Kier molecular flexibility index (Phi) is 4.57. The summed E-state index contributed by atoms with van der Waals surface area (Å²) in [4.78, 5) is 0. The summed E-state index contributed by atoms with van der Waals surface area (Å²) in [5.41, 5.74) is 1.70. The molecule has 0 saturated heterocycles. The van der Waals surface area contributed by atoms with Crippen molar-refractivity contribution in [2.75, 3.05) is 11.9 Å². The molecular formula is C11H12BrClN4O. The van der Waals surface area contributed by atoms with Crippen LogP contribution in [0.1, 0.15) is 5.69 Å². The highest BCUT2D eigenvalue weighted by atomic mass is 79.9. The van der Waals surface area contributed by atoms with Gasteiger partial charge in [-0.1, -0.05) is 16.8 Å². The molecule has 0 radical (unpaired) electrons. The van der Waals surface area contributed by atoms with E-state index in [1.807, 2.05) is 18.2 Å². The Hall–Kier alpha value is -1.11. The van der Waals surface area contributed by atoms with Crippen molar-refractivity contribution in [2.24, 2.45) is 0 Å². The minimum atomic E-state index is 0.0517. The zero-order valence-electron chi connectivity index (χ0n) is 9.48. The molecule has 0 atom stereocenters. The van der Waals surface area contributed by atoms with Crippen LogP contribution >= 0.6 is 27.5 Å². The van der Waals surface area contributed by atoms with Crippen LogP contribution in [0.4, 0.5) is 5.69 Å². The number of hydrogen-bond acceptors (Lipinski definition) is 4. The maximum absolute atomic E-state index is 8.78. The Bertz CT molecular complexity index is 532. The van der Waals surface area contributed by atoms with Gasteiger partial charge in [0.05, 0.1) is 31.6 Å². The molecule has 0 unspecified atom stereocenters. The second-order valence-electron chi connectivity index (χ2n) is 3.67. The van der Waals surface area contributed by atoms with Gasteiger partial charge in [0.1, 0.15) is 5.69 Å². The molecule has 1 aromatic carbocycles. The number of aliphatic hydroxyl groups is 1. The first kappa shape index (κ1) is 13.3. The first-order valence-electron chi connectivity index (χ1n) is 5.38. The summed E-state index contributed by atoms with van der Waals surface area (Å²) in [6, 6.07) is 5.53. The van der Waals surface area contributed by atoms with Gasteiger partial charge in [0.25, 0.3) is 0 Å². The van der Waals surface area contributed by atoms with E-state index in [1.54, 1.807) is 10.9 Å². The SMILES string of the molecule is OCCn1cc(CNc2cc(Cl)ccc2Br)nn1. The van der Waals surface area contributed by atoms with Crippen molar-refractivity contribution in [3.63, 3.8) is 0 Å². The van der Waals surface area contributed by atoms with Gasteiger partial charge in [-0.3, -0.25) is 0 Å². The van der Waals surface area contributed by atoms with E-state index in [1.165, 1.54) is 0 Å². The van der Waals surface area contributed by atoms with Gasteiger partial charge < -0.3 is 10.4 Å². The Morgan fingerprint density at radius 2 is 2.28 bits per heavy atom. The number of hydrogen-bond donors (Lipinski definition) is 2. The third-order valence-corrected chi connectivity index (χ3v) is 3.23. The van der Waals surface area contributed by atoms with Gasteiger partial charge in [0.15, 0.2) is 0 Å². The van der Waals surface area contributed by atoms with Crippen molar-refractivity contribution >= 4 is 33.2 Å². The van der Waals surface area contributed by atoms with Crippen molar-refractivity contribution in [1.82, 2.24) is 15.0 Å². The Morgan fingerprint density at radius 3 is 3.06 bits per heavy atom. The van der Waals surface area contributed by atoms with Crippen LogP contribution in [0.25, 0.3) is 0 Å². The number of nitrogens with one attached hydrogen (secondary N) is 1. The monoisotopic (exact) mass is 330 g/mol. The summed E-state index contributed by atoms with van der Waals surface area (Å²) in [6.07, 6.45) is 1.79. The zero-order chi connectivity index (χ0) is 13.0. The number of anilines is 1. The zero-order valence-corrected chi connectivity index (χ0v) is 11.8. The van der Waals surface area contributed by atoms with Crippen molar-refractivity contribution in [1.29, 1.82) is 0 Å². The highest BCUT2D eigenvalue weighted by Gasteiger charge is 2.03. The summed E-state index contributed by atoms with van der Waals surface area (Å²) in [5.74, 6) is 0. The molecule has 5 nitrogen and oxygen atoms in total. The van der Waals surface area contributed by atoms with Crippen LogP contribution in [0.3, 0.4) is 0 Å². The summed E-state index contributed by atoms with van der Waals surface area (Å²) < 4.78 is 2.54. The second kappa shape index (κ2) is 6.17. The number of aromatic nitrogens is 3. The van der Waals surface area contributed by atoms with Gasteiger partial charge in [-0.25, -0.2) is 4.68 Å². The second-order valence-corrected chi connectivity index (χ2v) is 4.97. The van der Waals surface area contributed by atoms with Crippen LogP contribution in [0.2, 0.25) is 5.02 Å². The van der Waals surface area contributed by atoms with Gasteiger partial charge in [0, 0.05) is 9.50 Å². The van der Waals surface area contributed by atoms with Crippen LogP contribution in [0, 0.1) is 0 Å². The molecule has 96 valence electrons. The molecule has 0 spiro atoms. The molecule has 0 fully saturated rings. The van der Waals surface area contributed by atoms with Crippen molar-refractivity contribution < 1.29 is 5.11 Å². The average molecular weight is 332 g/mol. The third kappa shape index (κ3) is 3.44. The molecule has 2 N–H and O–H groups in total. The fourth-order valence-electron chi connectivity index (χ4n) is 1.45. The van der Waals surface area contributed by atoms with Gasteiger partial charge in [0.2, 0.25) is 0 Å². The number of benzene rings is 1. The van der Waals surface area contributed by atoms with E-state index in [0.717, 1.165) is 15.9 Å². The molecule has 0 saturated carbocycles. The summed E-state index contributed by atoms with van der Waals surface area (Å²) >= 11 is 9.36. The molecule has 7 heteroatoms. The lowest BCUT2D eigenvalue weighted by atomic mass is 10.3. The highest BCUT2D eigenvalue weighted by molar-refractivity contribution is 9.10. The van der Waals surface area contributed by atoms with Gasteiger partial charge in [-0.15, -0.1) is 5.10 Å². The standard InChI is InChI=1S/C11H12BrClN4O/c12-10-2-1-8(13)5-11(10)14-6-9-7-17(3-4-18)16-15-9/h1-2,5,7,14,18H,3-4,6H2. The smallest absolute Gasteiger partial charge is 0.102 e. The molecule has 18 heavy (non-hydrogen) atoms. The van der Waals surface area contributed by atoms with Crippen LogP contribution in [-0.2, 0) is 13.1 Å². The number of aliphatic hydroxyl groups excluding tert-OH is 1. The Balaban J connectivity index is 1.99. The van der Waals surface area contributed by atoms with Crippen LogP contribution < -0.4 is 5.32 Å². The summed E-state index contributed by atoms with van der Waals surface area (Å²) in [6.45, 7) is 1.05. The lowest BCUT2D eigenvalue weighted by Crippen LogP contribution is -2.02. The van der Waals surface area contributed by atoms with E-state index in [0.29, 0.717) is 18.1 Å². The quantitative estimate of drug-likeness (QED) is 0.882. The first-order chi connectivity index (χ1) is 8.69. The van der Waals surface area contributed by atoms with Gasteiger partial charge in [-0.05, 0) is 34.1 Å². The molecule has 1 aromatic heterocycles. The first-order valence-corrected chi connectivity index (χ1v) is 6.55. The van der Waals surface area contributed by atoms with E-state index in [4.69, 9.17) is 16.7 Å². The maximum Gasteiger partial charge on any atom is 0.102 e. The largest absolute Gasteiger partial charge is 0.394 e. The molecule has 0 bridgehead atoms. The normalized spacial score (nSPS) is 10.6. The van der Waals surface area contributed by atoms with Gasteiger partial charge >= 0.3 is 0 Å². The minimum absolute atomic E-state index is 0.0517. The van der Waals surface area contributed by atoms with Crippen LogP contribution in [0.5, 0.6) is 0 Å². The molecule has 0 aliphatic heterocycles. The Morgan fingerprint density at radius 1 is 1.44 bits per heavy atom. The average Bonchev–Trinajstić information content (AvgIpc) is 2.79. The molecule has 2 rings (SSSR count). The molecule has 0 amide bonds. The lowest BCUT2D eigenvalue weighted by Gasteiger charge is -2.06. The summed E-state index contributed by atoms with van der Waals surface area (Å²) in [7, 11) is 0. The number of halogens is 2. The predicted octanol–water partition coefficient (Wildman–Crippen LogP) is 2.30. The van der Waals surface area contributed by atoms with Crippen LogP contribution in [-0.4, -0.2) is 26.7 Å². The molecule has 1 heterocycles. The lowest BCUT2D eigenvalue weighted by molar-refractivity contribution is 0.268. The molecule has 0 aliphatic rings. The molecule has 2 aromatic rings. The van der Waals surface area contributed by atoms with Crippen LogP contribution in [0.15, 0.2) is 28.9 Å². The number of nitrogens with zero attached hydrogens (tertiary/aromatic N) is 3. The van der Waals surface area contributed by atoms with Gasteiger partial charge in [-0.2, -0.15) is 0 Å². The topological polar surface area (TPSA) is 63.0 Å².